The van der Waals surface area contributed by atoms with Crippen LogP contribution in [0, 0.1) is 0 Å². The predicted octanol–water partition coefficient (Wildman–Crippen LogP) is 2.72. The Morgan fingerprint density at radius 3 is 2.37 bits per heavy atom. The topological polar surface area (TPSA) is 101 Å². The summed E-state index contributed by atoms with van der Waals surface area (Å²) in [5, 5.41) is 7.93. The van der Waals surface area contributed by atoms with Crippen LogP contribution in [0.1, 0.15) is 0 Å². The monoisotopic (exact) mass is 433 g/mol. The van der Waals surface area contributed by atoms with Crippen LogP contribution in [0.2, 0.25) is 5.02 Å². The minimum atomic E-state index is -0.492. The zero-order valence-electron chi connectivity index (χ0n) is 16.8. The van der Waals surface area contributed by atoms with Crippen molar-refractivity contribution >= 4 is 34.0 Å². The molecule has 1 amide bonds. The summed E-state index contributed by atoms with van der Waals surface area (Å²) in [4.78, 5) is 25.6. The van der Waals surface area contributed by atoms with E-state index in [9.17, 15) is 9.59 Å². The van der Waals surface area contributed by atoms with Gasteiger partial charge in [0.2, 0.25) is 5.91 Å². The molecule has 1 N–H and O–H groups in total. The number of hydrogen-bond donors (Lipinski definition) is 1. The molecule has 0 atom stereocenters. The fraction of sp³-hybridized carbons (Fsp3) is 0.250. The summed E-state index contributed by atoms with van der Waals surface area (Å²) in [6.07, 6.45) is 1.48. The van der Waals surface area contributed by atoms with Gasteiger partial charge in [-0.1, -0.05) is 11.6 Å². The SMILES string of the molecule is COc1cc(NC(=O)Cn2ncc3ccc(OC)c(OC)c3c2=O)c(OC)cc1Cl. The molecule has 3 rings (SSSR count). The van der Waals surface area contributed by atoms with Crippen LogP contribution < -0.4 is 29.8 Å². The largest absolute Gasteiger partial charge is 0.495 e. The smallest absolute Gasteiger partial charge is 0.279 e. The quantitative estimate of drug-likeness (QED) is 0.611. The molecule has 0 radical (unpaired) electrons. The fourth-order valence-electron chi connectivity index (χ4n) is 2.98. The molecule has 9 nitrogen and oxygen atoms in total. The highest BCUT2D eigenvalue weighted by molar-refractivity contribution is 6.32. The zero-order valence-corrected chi connectivity index (χ0v) is 17.6. The third-order valence-electron chi connectivity index (χ3n) is 4.40. The Labute approximate surface area is 177 Å². The summed E-state index contributed by atoms with van der Waals surface area (Å²) in [5.74, 6) is 0.904. The number of benzene rings is 2. The molecule has 0 aliphatic rings. The molecule has 1 heterocycles. The number of ether oxygens (including phenoxy) is 4. The molecule has 0 unspecified atom stereocenters. The van der Waals surface area contributed by atoms with E-state index in [1.165, 1.54) is 46.8 Å². The van der Waals surface area contributed by atoms with Gasteiger partial charge in [0.05, 0.1) is 50.7 Å². The Kier molecular flexibility index (Phi) is 6.31. The standard InChI is InChI=1S/C20H20ClN3O6/c1-27-14-6-5-11-9-22-24(20(26)18(11)19(14)30-4)10-17(25)23-13-8-15(28-2)12(21)7-16(13)29-3/h5-9H,10H2,1-4H3,(H,23,25). The summed E-state index contributed by atoms with van der Waals surface area (Å²) in [5.41, 5.74) is -0.143. The highest BCUT2D eigenvalue weighted by atomic mass is 35.5. The van der Waals surface area contributed by atoms with Gasteiger partial charge in [-0.15, -0.1) is 0 Å². The number of rotatable bonds is 7. The molecule has 0 aliphatic heterocycles. The van der Waals surface area contributed by atoms with Gasteiger partial charge in [0, 0.05) is 17.5 Å². The minimum Gasteiger partial charge on any atom is -0.495 e. The van der Waals surface area contributed by atoms with Gasteiger partial charge >= 0.3 is 0 Å². The van der Waals surface area contributed by atoms with E-state index in [0.29, 0.717) is 33.3 Å². The van der Waals surface area contributed by atoms with E-state index in [2.05, 4.69) is 10.4 Å². The van der Waals surface area contributed by atoms with E-state index in [4.69, 9.17) is 30.5 Å². The van der Waals surface area contributed by atoms with E-state index < -0.39 is 11.5 Å². The number of methoxy groups -OCH3 is 4. The minimum absolute atomic E-state index is 0.269. The molecule has 0 saturated heterocycles. The van der Waals surface area contributed by atoms with Crippen molar-refractivity contribution in [3.63, 3.8) is 0 Å². The second-order valence-corrected chi connectivity index (χ2v) is 6.52. The Bertz CT molecular complexity index is 1160. The lowest BCUT2D eigenvalue weighted by molar-refractivity contribution is -0.117. The molecule has 30 heavy (non-hydrogen) atoms. The van der Waals surface area contributed by atoms with E-state index in [1.807, 2.05) is 0 Å². The maximum atomic E-state index is 13.0. The average Bonchev–Trinajstić information content (AvgIpc) is 2.75. The summed E-state index contributed by atoms with van der Waals surface area (Å²) >= 11 is 6.08. The van der Waals surface area contributed by atoms with Crippen molar-refractivity contribution in [2.24, 2.45) is 0 Å². The highest BCUT2D eigenvalue weighted by Crippen LogP contribution is 2.36. The van der Waals surface area contributed by atoms with Crippen molar-refractivity contribution in [2.75, 3.05) is 33.8 Å². The van der Waals surface area contributed by atoms with E-state index >= 15 is 0 Å². The van der Waals surface area contributed by atoms with E-state index in [-0.39, 0.29) is 17.7 Å². The van der Waals surface area contributed by atoms with Gasteiger partial charge in [0.1, 0.15) is 18.0 Å². The van der Waals surface area contributed by atoms with E-state index in [0.717, 1.165) is 4.68 Å². The van der Waals surface area contributed by atoms with Gasteiger partial charge in [-0.05, 0) is 12.1 Å². The first-order valence-corrected chi connectivity index (χ1v) is 9.13. The van der Waals surface area contributed by atoms with Gasteiger partial charge < -0.3 is 24.3 Å². The first-order chi connectivity index (χ1) is 14.4. The Morgan fingerprint density at radius 2 is 1.73 bits per heavy atom. The lowest BCUT2D eigenvalue weighted by Gasteiger charge is -2.14. The number of aromatic nitrogens is 2. The molecule has 158 valence electrons. The van der Waals surface area contributed by atoms with Crippen molar-refractivity contribution in [1.82, 2.24) is 9.78 Å². The Morgan fingerprint density at radius 1 is 1.03 bits per heavy atom. The lowest BCUT2D eigenvalue weighted by Crippen LogP contribution is -2.29. The van der Waals surface area contributed by atoms with Crippen molar-refractivity contribution in [3.05, 3.63) is 45.8 Å². The number of fused-ring (bicyclic) bond motifs is 1. The molecular weight excluding hydrogens is 414 g/mol. The van der Waals surface area contributed by atoms with Gasteiger partial charge in [0.15, 0.2) is 11.5 Å². The third kappa shape index (κ3) is 3.97. The van der Waals surface area contributed by atoms with Gasteiger partial charge in [-0.2, -0.15) is 5.10 Å². The van der Waals surface area contributed by atoms with E-state index in [1.54, 1.807) is 12.1 Å². The molecule has 0 bridgehead atoms. The Balaban J connectivity index is 1.94. The van der Waals surface area contributed by atoms with Crippen LogP contribution in [0.25, 0.3) is 10.8 Å². The second kappa shape index (κ2) is 8.91. The number of carbonyl (C=O) groups is 1. The van der Waals surface area contributed by atoms with Crippen LogP contribution in [-0.2, 0) is 11.3 Å². The number of hydrogen-bond acceptors (Lipinski definition) is 7. The molecule has 0 spiro atoms. The molecular formula is C20H20ClN3O6. The number of amides is 1. The lowest BCUT2D eigenvalue weighted by atomic mass is 10.1. The van der Waals surface area contributed by atoms with Crippen molar-refractivity contribution in [2.45, 2.75) is 6.54 Å². The normalized spacial score (nSPS) is 10.6. The molecule has 0 aliphatic carbocycles. The number of halogens is 1. The zero-order chi connectivity index (χ0) is 21.8. The van der Waals surface area contributed by atoms with Crippen molar-refractivity contribution in [1.29, 1.82) is 0 Å². The summed E-state index contributed by atoms with van der Waals surface area (Å²) in [6, 6.07) is 6.43. The molecule has 0 saturated carbocycles. The van der Waals surface area contributed by atoms with Crippen molar-refractivity contribution < 1.29 is 23.7 Å². The summed E-state index contributed by atoms with van der Waals surface area (Å²) in [6.45, 7) is -0.330. The van der Waals surface area contributed by atoms with Crippen LogP contribution in [0.3, 0.4) is 0 Å². The molecule has 0 fully saturated rings. The number of nitrogens with zero attached hydrogens (tertiary/aromatic N) is 2. The first-order valence-electron chi connectivity index (χ1n) is 8.75. The number of carbonyl (C=O) groups excluding carboxylic acids is 1. The molecule has 1 aromatic heterocycles. The summed E-state index contributed by atoms with van der Waals surface area (Å²) in [7, 11) is 5.82. The maximum Gasteiger partial charge on any atom is 0.279 e. The maximum absolute atomic E-state index is 13.0. The predicted molar refractivity (Wildman–Crippen MR) is 112 cm³/mol. The number of nitrogens with one attached hydrogen (secondary N) is 1. The first kappa shape index (κ1) is 21.3. The fourth-order valence-corrected chi connectivity index (χ4v) is 3.21. The van der Waals surface area contributed by atoms with Gasteiger partial charge in [0.25, 0.3) is 5.56 Å². The van der Waals surface area contributed by atoms with Crippen molar-refractivity contribution in [3.8, 4) is 23.0 Å². The summed E-state index contributed by atoms with van der Waals surface area (Å²) < 4.78 is 22.0. The number of anilines is 1. The molecule has 2 aromatic carbocycles. The average molecular weight is 434 g/mol. The van der Waals surface area contributed by atoms with Gasteiger partial charge in [-0.25, -0.2) is 4.68 Å². The third-order valence-corrected chi connectivity index (χ3v) is 4.70. The molecule has 3 aromatic rings. The van der Waals surface area contributed by atoms with Crippen LogP contribution >= 0.6 is 11.6 Å². The van der Waals surface area contributed by atoms with Crippen LogP contribution in [-0.4, -0.2) is 44.1 Å². The second-order valence-electron chi connectivity index (χ2n) is 6.11. The van der Waals surface area contributed by atoms with Gasteiger partial charge in [-0.3, -0.25) is 9.59 Å². The highest BCUT2D eigenvalue weighted by Gasteiger charge is 2.17. The van der Waals surface area contributed by atoms with Crippen LogP contribution in [0.4, 0.5) is 5.69 Å². The Hall–Kier alpha value is -3.46. The van der Waals surface area contributed by atoms with Crippen LogP contribution in [0.5, 0.6) is 23.0 Å². The molecule has 10 heteroatoms. The van der Waals surface area contributed by atoms with Crippen LogP contribution in [0.15, 0.2) is 35.3 Å².